The van der Waals surface area contributed by atoms with Gasteiger partial charge in [-0.3, -0.25) is 4.98 Å². The highest BCUT2D eigenvalue weighted by atomic mass is 15.3. The molecule has 1 unspecified atom stereocenters. The van der Waals surface area contributed by atoms with E-state index in [1.54, 1.807) is 12.4 Å². The Morgan fingerprint density at radius 1 is 1.05 bits per heavy atom. The van der Waals surface area contributed by atoms with Crippen molar-refractivity contribution in [3.63, 3.8) is 0 Å². The van der Waals surface area contributed by atoms with E-state index in [4.69, 9.17) is 0 Å². The largest absolute Gasteiger partial charge is 0.378 e. The normalized spacial score (nSPS) is 17.5. The number of nitrogens with zero attached hydrogens (tertiary/aromatic N) is 3. The molecule has 1 aliphatic rings. The molecule has 1 N–H and O–H groups in total. The maximum Gasteiger partial charge on any atom is 0.0745 e. The minimum atomic E-state index is 0.259. The van der Waals surface area contributed by atoms with E-state index >= 15 is 0 Å². The van der Waals surface area contributed by atoms with Crippen molar-refractivity contribution in [2.24, 2.45) is 5.10 Å². The molecule has 0 fully saturated rings. The average molecular weight is 266 g/mol. The molecule has 0 aliphatic carbocycles. The molecule has 0 saturated carbocycles. The van der Waals surface area contributed by atoms with E-state index in [1.165, 1.54) is 11.3 Å². The first-order chi connectivity index (χ1) is 9.74. The van der Waals surface area contributed by atoms with Gasteiger partial charge in [-0.1, -0.05) is 12.1 Å². The molecule has 1 aromatic carbocycles. The summed E-state index contributed by atoms with van der Waals surface area (Å²) in [4.78, 5) is 6.14. The fraction of sp³-hybridized carbons (Fsp3) is 0.250. The van der Waals surface area contributed by atoms with Crippen LogP contribution in [0.4, 0.5) is 5.69 Å². The molecule has 4 nitrogen and oxygen atoms in total. The highest BCUT2D eigenvalue weighted by molar-refractivity contribution is 6.01. The molecule has 0 amide bonds. The van der Waals surface area contributed by atoms with E-state index in [0.29, 0.717) is 0 Å². The van der Waals surface area contributed by atoms with Crippen LogP contribution in [0.15, 0.2) is 53.9 Å². The molecule has 20 heavy (non-hydrogen) atoms. The SMILES string of the molecule is CN(C)c1ccc(C2CC(c3ccncc3)=NN2)cc1. The molecule has 1 atom stereocenters. The smallest absolute Gasteiger partial charge is 0.0745 e. The number of nitrogens with one attached hydrogen (secondary N) is 1. The molecule has 3 rings (SSSR count). The highest BCUT2D eigenvalue weighted by Gasteiger charge is 2.20. The number of benzene rings is 1. The van der Waals surface area contributed by atoms with Crippen molar-refractivity contribution in [2.75, 3.05) is 19.0 Å². The summed E-state index contributed by atoms with van der Waals surface area (Å²) < 4.78 is 0. The van der Waals surface area contributed by atoms with Crippen LogP contribution in [0.5, 0.6) is 0 Å². The lowest BCUT2D eigenvalue weighted by Gasteiger charge is -2.15. The minimum Gasteiger partial charge on any atom is -0.378 e. The first-order valence-electron chi connectivity index (χ1n) is 6.74. The predicted molar refractivity (Wildman–Crippen MR) is 82.0 cm³/mol. The number of hydrogen-bond donors (Lipinski definition) is 1. The van der Waals surface area contributed by atoms with Crippen molar-refractivity contribution in [2.45, 2.75) is 12.5 Å². The van der Waals surface area contributed by atoms with Crippen LogP contribution in [-0.2, 0) is 0 Å². The Hall–Kier alpha value is -2.36. The summed E-state index contributed by atoms with van der Waals surface area (Å²) in [7, 11) is 4.10. The van der Waals surface area contributed by atoms with Gasteiger partial charge in [-0.2, -0.15) is 5.10 Å². The molecule has 0 radical (unpaired) electrons. The molecule has 102 valence electrons. The third-order valence-corrected chi connectivity index (χ3v) is 3.58. The summed E-state index contributed by atoms with van der Waals surface area (Å²) >= 11 is 0. The van der Waals surface area contributed by atoms with Gasteiger partial charge in [0.25, 0.3) is 0 Å². The monoisotopic (exact) mass is 266 g/mol. The standard InChI is InChI=1S/C16H18N4/c1-20(2)14-5-3-12(4-6-14)15-11-16(19-18-15)13-7-9-17-10-8-13/h3-10,15,18H,11H2,1-2H3. The van der Waals surface area contributed by atoms with Crippen LogP contribution in [-0.4, -0.2) is 24.8 Å². The molecule has 1 aliphatic heterocycles. The van der Waals surface area contributed by atoms with E-state index < -0.39 is 0 Å². The van der Waals surface area contributed by atoms with Crippen molar-refractivity contribution in [1.29, 1.82) is 0 Å². The third-order valence-electron chi connectivity index (χ3n) is 3.58. The van der Waals surface area contributed by atoms with Crippen LogP contribution in [0.1, 0.15) is 23.6 Å². The van der Waals surface area contributed by atoms with Crippen LogP contribution in [0.25, 0.3) is 0 Å². The lowest BCUT2D eigenvalue weighted by atomic mass is 9.99. The Balaban J connectivity index is 1.73. The summed E-state index contributed by atoms with van der Waals surface area (Å²) in [5.41, 5.74) is 7.93. The molecular formula is C16H18N4. The van der Waals surface area contributed by atoms with Gasteiger partial charge in [0.15, 0.2) is 0 Å². The van der Waals surface area contributed by atoms with Gasteiger partial charge in [-0.25, -0.2) is 0 Å². The summed E-state index contributed by atoms with van der Waals surface area (Å²) in [6, 6.07) is 12.9. The van der Waals surface area contributed by atoms with E-state index in [9.17, 15) is 0 Å². The second kappa shape index (κ2) is 5.33. The summed E-state index contributed by atoms with van der Waals surface area (Å²) in [5, 5.41) is 4.45. The topological polar surface area (TPSA) is 40.5 Å². The quantitative estimate of drug-likeness (QED) is 0.928. The first-order valence-corrected chi connectivity index (χ1v) is 6.74. The Morgan fingerprint density at radius 3 is 2.40 bits per heavy atom. The Bertz CT molecular complexity index is 602. The average Bonchev–Trinajstić information content (AvgIpc) is 2.98. The zero-order valence-corrected chi connectivity index (χ0v) is 11.7. The lowest BCUT2D eigenvalue weighted by Crippen LogP contribution is -2.11. The number of hydrogen-bond acceptors (Lipinski definition) is 4. The third kappa shape index (κ3) is 2.50. The van der Waals surface area contributed by atoms with Gasteiger partial charge >= 0.3 is 0 Å². The summed E-state index contributed by atoms with van der Waals surface area (Å²) in [6.45, 7) is 0. The van der Waals surface area contributed by atoms with Gasteiger partial charge in [0.05, 0.1) is 11.8 Å². The Kier molecular flexibility index (Phi) is 3.37. The molecular weight excluding hydrogens is 248 g/mol. The first kappa shape index (κ1) is 12.7. The van der Waals surface area contributed by atoms with E-state index in [-0.39, 0.29) is 6.04 Å². The fourth-order valence-corrected chi connectivity index (χ4v) is 2.36. The molecule has 2 heterocycles. The van der Waals surface area contributed by atoms with Crippen LogP contribution in [0, 0.1) is 0 Å². The van der Waals surface area contributed by atoms with Crippen molar-refractivity contribution < 1.29 is 0 Å². The van der Waals surface area contributed by atoms with Crippen LogP contribution in [0.3, 0.4) is 0 Å². The second-order valence-corrected chi connectivity index (χ2v) is 5.17. The zero-order valence-electron chi connectivity index (χ0n) is 11.7. The van der Waals surface area contributed by atoms with Crippen molar-refractivity contribution in [1.82, 2.24) is 10.4 Å². The predicted octanol–water partition coefficient (Wildman–Crippen LogP) is 2.59. The van der Waals surface area contributed by atoms with Crippen LogP contribution in [0.2, 0.25) is 0 Å². The number of aromatic nitrogens is 1. The lowest BCUT2D eigenvalue weighted by molar-refractivity contribution is 0.620. The van der Waals surface area contributed by atoms with Crippen LogP contribution >= 0.6 is 0 Å². The fourth-order valence-electron chi connectivity index (χ4n) is 2.36. The summed E-state index contributed by atoms with van der Waals surface area (Å²) in [5.74, 6) is 0. The van der Waals surface area contributed by atoms with Gasteiger partial charge in [-0.15, -0.1) is 0 Å². The highest BCUT2D eigenvalue weighted by Crippen LogP contribution is 2.25. The Morgan fingerprint density at radius 2 is 1.75 bits per heavy atom. The molecule has 2 aromatic rings. The molecule has 0 saturated heterocycles. The number of rotatable bonds is 3. The van der Waals surface area contributed by atoms with Gasteiger partial charge in [0, 0.05) is 44.2 Å². The van der Waals surface area contributed by atoms with Gasteiger partial charge < -0.3 is 10.3 Å². The number of pyridine rings is 1. The number of hydrazone groups is 1. The van der Waals surface area contributed by atoms with Crippen molar-refractivity contribution >= 4 is 11.4 Å². The maximum absolute atomic E-state index is 4.45. The van der Waals surface area contributed by atoms with Gasteiger partial charge in [-0.05, 0) is 29.8 Å². The van der Waals surface area contributed by atoms with Crippen LogP contribution < -0.4 is 10.3 Å². The Labute approximate surface area is 119 Å². The van der Waals surface area contributed by atoms with E-state index in [2.05, 4.69) is 44.7 Å². The molecule has 4 heteroatoms. The second-order valence-electron chi connectivity index (χ2n) is 5.17. The minimum absolute atomic E-state index is 0.259. The molecule has 0 spiro atoms. The van der Waals surface area contributed by atoms with E-state index in [0.717, 1.165) is 17.7 Å². The molecule has 1 aromatic heterocycles. The van der Waals surface area contributed by atoms with Crippen molar-refractivity contribution in [3.05, 3.63) is 59.9 Å². The molecule has 0 bridgehead atoms. The van der Waals surface area contributed by atoms with Gasteiger partial charge in [0.1, 0.15) is 0 Å². The van der Waals surface area contributed by atoms with Crippen molar-refractivity contribution in [3.8, 4) is 0 Å². The zero-order chi connectivity index (χ0) is 13.9. The maximum atomic E-state index is 4.45. The number of anilines is 1. The summed E-state index contributed by atoms with van der Waals surface area (Å²) in [6.07, 6.45) is 4.51. The van der Waals surface area contributed by atoms with E-state index in [1.807, 2.05) is 26.2 Å². The van der Waals surface area contributed by atoms with Gasteiger partial charge in [0.2, 0.25) is 0 Å².